The first-order chi connectivity index (χ1) is 19.7. The zero-order valence-corrected chi connectivity index (χ0v) is 26.3. The molecule has 0 radical (unpaired) electrons. The van der Waals surface area contributed by atoms with E-state index in [1.54, 1.807) is 6.07 Å². The van der Waals surface area contributed by atoms with Gasteiger partial charge >= 0.3 is 0 Å². The lowest BCUT2D eigenvalue weighted by molar-refractivity contribution is 0.438. The number of piperidine rings is 1. The highest BCUT2D eigenvalue weighted by atomic mass is 35.5. The maximum atomic E-state index is 6.97. The minimum Gasteiger partial charge on any atom is -0.370 e. The Morgan fingerprint density at radius 2 is 1.68 bits per heavy atom. The smallest absolute Gasteiger partial charge is 0.174 e. The van der Waals surface area contributed by atoms with Gasteiger partial charge in [0.2, 0.25) is 0 Å². The van der Waals surface area contributed by atoms with E-state index >= 15 is 0 Å². The first-order valence-electron chi connectivity index (χ1n) is 13.9. The summed E-state index contributed by atoms with van der Waals surface area (Å²) in [4.78, 5) is 9.28. The molecule has 0 saturated carbocycles. The van der Waals surface area contributed by atoms with Crippen molar-refractivity contribution in [1.29, 1.82) is 0 Å². The van der Waals surface area contributed by atoms with Crippen LogP contribution < -0.4 is 15.1 Å². The van der Waals surface area contributed by atoms with Gasteiger partial charge in [-0.25, -0.2) is 0 Å². The molecule has 0 spiro atoms. The molecule has 212 valence electrons. The second-order valence-corrected chi connectivity index (χ2v) is 12.6. The van der Waals surface area contributed by atoms with E-state index in [9.17, 15) is 0 Å². The summed E-state index contributed by atoms with van der Waals surface area (Å²) in [6, 6.07) is 19.9. The standard InChI is InChI=1S/C32H32Cl3N5S/c1-19-12-15-38(16-13-19)27-11-10-22(18-25(27)34)40-31(30(37-32(40)41)26-8-4-5-14-36-26)23-17-20(2)39(21(23)3)28-9-6-7-24(33)29(28)35/h4-11,14,17-19,30-31H,12-13,15-16H2,1-3H3,(H,37,41)/t30-,31-/m1/s1. The summed E-state index contributed by atoms with van der Waals surface area (Å²) >= 11 is 26.1. The van der Waals surface area contributed by atoms with Crippen molar-refractivity contribution in [1.82, 2.24) is 14.9 Å². The molecular weight excluding hydrogens is 593 g/mol. The van der Waals surface area contributed by atoms with E-state index in [-0.39, 0.29) is 12.1 Å². The van der Waals surface area contributed by atoms with Gasteiger partial charge in [0.05, 0.1) is 44.2 Å². The van der Waals surface area contributed by atoms with Gasteiger partial charge in [-0.2, -0.15) is 0 Å². The summed E-state index contributed by atoms with van der Waals surface area (Å²) in [5.74, 6) is 0.752. The number of pyridine rings is 1. The van der Waals surface area contributed by atoms with Crippen LogP contribution in [-0.4, -0.2) is 27.8 Å². The number of aromatic nitrogens is 2. The van der Waals surface area contributed by atoms with Gasteiger partial charge in [0, 0.05) is 36.4 Å². The summed E-state index contributed by atoms with van der Waals surface area (Å²) in [7, 11) is 0. The molecule has 2 aliphatic heterocycles. The molecule has 4 heterocycles. The van der Waals surface area contributed by atoms with Crippen LogP contribution >= 0.6 is 47.0 Å². The fourth-order valence-electron chi connectivity index (χ4n) is 6.22. The molecule has 0 aliphatic carbocycles. The van der Waals surface area contributed by atoms with Crippen molar-refractivity contribution in [2.24, 2.45) is 5.92 Å². The van der Waals surface area contributed by atoms with E-state index in [0.29, 0.717) is 15.2 Å². The Hall–Kier alpha value is -2.77. The van der Waals surface area contributed by atoms with Gasteiger partial charge < -0.3 is 19.7 Å². The first kappa shape index (κ1) is 28.4. The number of thiocarbonyl (C=S) groups is 1. The number of benzene rings is 2. The Balaban J connectivity index is 1.45. The van der Waals surface area contributed by atoms with E-state index in [2.05, 4.69) is 58.7 Å². The Morgan fingerprint density at radius 1 is 0.902 bits per heavy atom. The number of nitrogens with zero attached hydrogens (tertiary/aromatic N) is 4. The van der Waals surface area contributed by atoms with Crippen LogP contribution in [0.1, 0.15) is 54.5 Å². The molecule has 6 rings (SSSR count). The molecule has 5 nitrogen and oxygen atoms in total. The second-order valence-electron chi connectivity index (χ2n) is 11.0. The molecule has 2 aromatic carbocycles. The lowest BCUT2D eigenvalue weighted by Gasteiger charge is -2.33. The predicted molar refractivity (Wildman–Crippen MR) is 175 cm³/mol. The molecule has 2 aromatic heterocycles. The average molecular weight is 625 g/mol. The molecule has 41 heavy (non-hydrogen) atoms. The average Bonchev–Trinajstić information content (AvgIpc) is 3.46. The molecule has 4 aromatic rings. The third-order valence-corrected chi connectivity index (χ3v) is 9.82. The Labute approximate surface area is 262 Å². The number of halogens is 3. The fraction of sp³-hybridized carbons (Fsp3) is 0.312. The van der Waals surface area contributed by atoms with Crippen molar-refractivity contribution < 1.29 is 0 Å². The summed E-state index contributed by atoms with van der Waals surface area (Å²) in [5, 5.41) is 5.98. The molecule has 2 saturated heterocycles. The third kappa shape index (κ3) is 5.20. The summed E-state index contributed by atoms with van der Waals surface area (Å²) in [6.45, 7) is 8.55. The number of anilines is 2. The van der Waals surface area contributed by atoms with Gasteiger partial charge in [-0.15, -0.1) is 0 Å². The first-order valence-corrected chi connectivity index (χ1v) is 15.5. The van der Waals surface area contributed by atoms with Crippen LogP contribution in [0.4, 0.5) is 11.4 Å². The van der Waals surface area contributed by atoms with Gasteiger partial charge in [0.25, 0.3) is 0 Å². The zero-order chi connectivity index (χ0) is 28.8. The molecule has 2 atom stereocenters. The predicted octanol–water partition coefficient (Wildman–Crippen LogP) is 8.86. The van der Waals surface area contributed by atoms with Crippen molar-refractivity contribution >= 4 is 63.5 Å². The molecular formula is C32H32Cl3N5S. The van der Waals surface area contributed by atoms with E-state index in [4.69, 9.17) is 52.0 Å². The maximum Gasteiger partial charge on any atom is 0.174 e. The molecule has 9 heteroatoms. The minimum atomic E-state index is -0.173. The Morgan fingerprint density at radius 3 is 2.39 bits per heavy atom. The highest BCUT2D eigenvalue weighted by molar-refractivity contribution is 7.80. The SMILES string of the molecule is Cc1cc([C@@H]2[C@@H](c3ccccn3)NC(=S)N2c2ccc(N3CCC(C)CC3)c(Cl)c2)c(C)n1-c1cccc(Cl)c1Cl. The highest BCUT2D eigenvalue weighted by Gasteiger charge is 2.42. The van der Waals surface area contributed by atoms with Crippen LogP contribution in [0.2, 0.25) is 15.1 Å². The molecule has 0 bridgehead atoms. The fourth-order valence-corrected chi connectivity index (χ4v) is 7.24. The van der Waals surface area contributed by atoms with Crippen LogP contribution in [0, 0.1) is 19.8 Å². The number of nitrogens with one attached hydrogen (secondary N) is 1. The lowest BCUT2D eigenvalue weighted by Crippen LogP contribution is -2.33. The summed E-state index contributed by atoms with van der Waals surface area (Å²) in [5.41, 5.74) is 7.00. The number of hydrogen-bond acceptors (Lipinski definition) is 3. The summed E-state index contributed by atoms with van der Waals surface area (Å²) < 4.78 is 2.16. The molecule has 0 unspecified atom stereocenters. The molecule has 1 N–H and O–H groups in total. The monoisotopic (exact) mass is 623 g/mol. The van der Waals surface area contributed by atoms with Crippen LogP contribution in [-0.2, 0) is 0 Å². The topological polar surface area (TPSA) is 36.3 Å². The largest absolute Gasteiger partial charge is 0.370 e. The van der Waals surface area contributed by atoms with Gasteiger partial charge in [-0.05, 0) is 98.9 Å². The Bertz CT molecular complexity index is 1600. The van der Waals surface area contributed by atoms with Gasteiger partial charge in [0.1, 0.15) is 0 Å². The maximum absolute atomic E-state index is 6.97. The van der Waals surface area contributed by atoms with Gasteiger partial charge in [0.15, 0.2) is 5.11 Å². The highest BCUT2D eigenvalue weighted by Crippen LogP contribution is 2.45. The number of hydrogen-bond donors (Lipinski definition) is 1. The molecule has 2 aliphatic rings. The van der Waals surface area contributed by atoms with Crippen molar-refractivity contribution in [2.75, 3.05) is 22.9 Å². The van der Waals surface area contributed by atoms with Gasteiger partial charge in [-0.1, -0.05) is 53.9 Å². The molecule has 2 fully saturated rings. The van der Waals surface area contributed by atoms with E-state index < -0.39 is 0 Å². The quantitative estimate of drug-likeness (QED) is 0.225. The van der Waals surface area contributed by atoms with Crippen molar-refractivity contribution in [2.45, 2.75) is 45.7 Å². The minimum absolute atomic E-state index is 0.172. The van der Waals surface area contributed by atoms with E-state index in [1.165, 1.54) is 12.8 Å². The van der Waals surface area contributed by atoms with E-state index in [1.807, 2.05) is 42.6 Å². The third-order valence-electron chi connectivity index (χ3n) is 8.39. The zero-order valence-electron chi connectivity index (χ0n) is 23.2. The van der Waals surface area contributed by atoms with Gasteiger partial charge in [-0.3, -0.25) is 4.98 Å². The van der Waals surface area contributed by atoms with Crippen LogP contribution in [0.15, 0.2) is 66.9 Å². The van der Waals surface area contributed by atoms with Crippen molar-refractivity contribution in [3.05, 3.63) is 105 Å². The lowest BCUT2D eigenvalue weighted by atomic mass is 9.96. The van der Waals surface area contributed by atoms with Crippen LogP contribution in [0.5, 0.6) is 0 Å². The van der Waals surface area contributed by atoms with Crippen molar-refractivity contribution in [3.8, 4) is 5.69 Å². The number of aryl methyl sites for hydroxylation is 1. The summed E-state index contributed by atoms with van der Waals surface area (Å²) in [6.07, 6.45) is 4.18. The second kappa shape index (κ2) is 11.5. The number of rotatable bonds is 5. The molecule has 0 amide bonds. The van der Waals surface area contributed by atoms with Crippen molar-refractivity contribution in [3.63, 3.8) is 0 Å². The normalized spacial score (nSPS) is 19.6. The van der Waals surface area contributed by atoms with Crippen LogP contribution in [0.25, 0.3) is 5.69 Å². The van der Waals surface area contributed by atoms with E-state index in [0.717, 1.165) is 63.7 Å². The van der Waals surface area contributed by atoms with Crippen LogP contribution in [0.3, 0.4) is 0 Å². The Kier molecular flexibility index (Phi) is 7.94.